The molecule has 0 unspecified atom stereocenters. The number of aldehydes is 1. The highest BCUT2D eigenvalue weighted by molar-refractivity contribution is 6.06. The van der Waals surface area contributed by atoms with Gasteiger partial charge in [0.25, 0.3) is 0 Å². The van der Waals surface area contributed by atoms with Gasteiger partial charge in [-0.1, -0.05) is 123 Å². The molecule has 0 bridgehead atoms. The molecule has 1 heteroatoms. The Labute approximate surface area is 193 Å². The molecular formula is C30H48O. The number of allylic oxidation sites excluding steroid dienone is 2. The van der Waals surface area contributed by atoms with Crippen LogP contribution in [0.1, 0.15) is 141 Å². The van der Waals surface area contributed by atoms with Crippen LogP contribution in [-0.2, 0) is 15.6 Å². The van der Waals surface area contributed by atoms with Crippen molar-refractivity contribution >= 4 is 11.9 Å². The fourth-order valence-corrected chi connectivity index (χ4v) is 5.07. The molecule has 0 saturated carbocycles. The molecule has 0 N–H and O–H groups in total. The smallest absolute Gasteiger partial charge is 0.150 e. The number of carbonyl (C=O) groups is 1. The van der Waals surface area contributed by atoms with Crippen molar-refractivity contribution < 1.29 is 4.79 Å². The first-order valence-electron chi connectivity index (χ1n) is 13.1. The van der Waals surface area contributed by atoms with Gasteiger partial charge in [0.1, 0.15) is 6.29 Å². The van der Waals surface area contributed by atoms with E-state index in [1.165, 1.54) is 94.6 Å². The van der Waals surface area contributed by atoms with Gasteiger partial charge >= 0.3 is 0 Å². The number of hydrogen-bond donors (Lipinski definition) is 0. The summed E-state index contributed by atoms with van der Waals surface area (Å²) in [7, 11) is 0. The molecule has 0 radical (unpaired) electrons. The zero-order chi connectivity index (χ0) is 22.7. The molecule has 0 atom stereocenters. The largest absolute Gasteiger partial charge is 0.298 e. The Balaban J connectivity index is 1.79. The molecule has 0 aliphatic heterocycles. The predicted octanol–water partition coefficient (Wildman–Crippen LogP) is 9.32. The molecule has 0 aromatic heterocycles. The molecule has 1 aliphatic carbocycles. The second kappa shape index (κ2) is 12.6. The van der Waals surface area contributed by atoms with Crippen LogP contribution in [0.25, 0.3) is 5.57 Å². The van der Waals surface area contributed by atoms with E-state index in [-0.39, 0.29) is 10.8 Å². The lowest BCUT2D eigenvalue weighted by Crippen LogP contribution is -2.33. The second-order valence-electron chi connectivity index (χ2n) is 11.1. The van der Waals surface area contributed by atoms with Crippen molar-refractivity contribution in [3.05, 3.63) is 41.0 Å². The molecule has 2 rings (SSSR count). The van der Waals surface area contributed by atoms with Gasteiger partial charge in [0.05, 0.1) is 0 Å². The minimum atomic E-state index is 0.185. The quantitative estimate of drug-likeness (QED) is 0.165. The van der Waals surface area contributed by atoms with E-state index in [4.69, 9.17) is 0 Å². The van der Waals surface area contributed by atoms with Crippen LogP contribution in [0.4, 0.5) is 0 Å². The zero-order valence-electron chi connectivity index (χ0n) is 21.2. The Hall–Kier alpha value is -1.37. The molecule has 1 aromatic rings. The van der Waals surface area contributed by atoms with Gasteiger partial charge in [-0.2, -0.15) is 0 Å². The van der Waals surface area contributed by atoms with Crippen LogP contribution in [0.3, 0.4) is 0 Å². The summed E-state index contributed by atoms with van der Waals surface area (Å²) in [5, 5.41) is 0. The SMILES string of the molecule is CCCCCCCCCCCCCC=C(C=O)c1ccc2c(c1)C(C)(C)CCC2(C)C. The maximum atomic E-state index is 11.8. The summed E-state index contributed by atoms with van der Waals surface area (Å²) in [5.74, 6) is 0. The average molecular weight is 425 g/mol. The number of fused-ring (bicyclic) bond motifs is 1. The van der Waals surface area contributed by atoms with Gasteiger partial charge in [0, 0.05) is 5.57 Å². The normalized spacial score (nSPS) is 17.4. The molecule has 0 heterocycles. The summed E-state index contributed by atoms with van der Waals surface area (Å²) in [6, 6.07) is 6.75. The molecule has 0 fully saturated rings. The summed E-state index contributed by atoms with van der Waals surface area (Å²) in [4.78, 5) is 11.8. The zero-order valence-corrected chi connectivity index (χ0v) is 21.2. The Morgan fingerprint density at radius 3 is 1.84 bits per heavy atom. The maximum absolute atomic E-state index is 11.8. The summed E-state index contributed by atoms with van der Waals surface area (Å²) < 4.78 is 0. The molecule has 0 saturated heterocycles. The standard InChI is InChI=1S/C30H48O/c1-6-7-8-9-10-11-12-13-14-15-16-17-18-26(24-31)25-19-20-27-28(23-25)30(4,5)22-21-29(27,2)3/h18-20,23-24H,6-17,21-22H2,1-5H3. The van der Waals surface area contributed by atoms with Crippen molar-refractivity contribution in [3.63, 3.8) is 0 Å². The van der Waals surface area contributed by atoms with Crippen molar-refractivity contribution in [2.75, 3.05) is 0 Å². The molecule has 31 heavy (non-hydrogen) atoms. The average Bonchev–Trinajstić information content (AvgIpc) is 2.75. The lowest BCUT2D eigenvalue weighted by molar-refractivity contribution is -0.103. The summed E-state index contributed by atoms with van der Waals surface area (Å²) in [6.45, 7) is 11.7. The highest BCUT2D eigenvalue weighted by Crippen LogP contribution is 2.46. The van der Waals surface area contributed by atoms with Gasteiger partial charge in [-0.15, -0.1) is 0 Å². The van der Waals surface area contributed by atoms with Crippen LogP contribution in [0.2, 0.25) is 0 Å². The lowest BCUT2D eigenvalue weighted by Gasteiger charge is -2.42. The number of unbranched alkanes of at least 4 members (excludes halogenated alkanes) is 11. The lowest BCUT2D eigenvalue weighted by atomic mass is 9.63. The highest BCUT2D eigenvalue weighted by atomic mass is 16.1. The van der Waals surface area contributed by atoms with E-state index in [0.29, 0.717) is 0 Å². The van der Waals surface area contributed by atoms with E-state index in [2.05, 4.69) is 58.9 Å². The minimum absolute atomic E-state index is 0.185. The Morgan fingerprint density at radius 2 is 1.29 bits per heavy atom. The van der Waals surface area contributed by atoms with Gasteiger partial charge in [0.2, 0.25) is 0 Å². The van der Waals surface area contributed by atoms with E-state index < -0.39 is 0 Å². The van der Waals surface area contributed by atoms with E-state index >= 15 is 0 Å². The molecule has 0 spiro atoms. The topological polar surface area (TPSA) is 17.1 Å². The molecule has 1 aromatic carbocycles. The fourth-order valence-electron chi connectivity index (χ4n) is 5.07. The summed E-state index contributed by atoms with van der Waals surface area (Å²) >= 11 is 0. The molecular weight excluding hydrogens is 376 g/mol. The van der Waals surface area contributed by atoms with Crippen LogP contribution in [0, 0.1) is 0 Å². The third-order valence-corrected chi connectivity index (χ3v) is 7.49. The van der Waals surface area contributed by atoms with Crippen LogP contribution in [0.5, 0.6) is 0 Å². The van der Waals surface area contributed by atoms with Gasteiger partial charge in [0.15, 0.2) is 0 Å². The van der Waals surface area contributed by atoms with Crippen LogP contribution < -0.4 is 0 Å². The van der Waals surface area contributed by atoms with Crippen LogP contribution in [0.15, 0.2) is 24.3 Å². The van der Waals surface area contributed by atoms with Gasteiger partial charge < -0.3 is 0 Å². The van der Waals surface area contributed by atoms with Gasteiger partial charge in [-0.05, 0) is 53.2 Å². The Bertz CT molecular complexity index is 707. The first kappa shape index (κ1) is 25.9. The number of carbonyl (C=O) groups excluding carboxylic acids is 1. The molecule has 174 valence electrons. The maximum Gasteiger partial charge on any atom is 0.150 e. The summed E-state index contributed by atoms with van der Waals surface area (Å²) in [6.07, 6.45) is 21.6. The second-order valence-corrected chi connectivity index (χ2v) is 11.1. The molecule has 0 amide bonds. The number of rotatable bonds is 14. The third-order valence-electron chi connectivity index (χ3n) is 7.49. The number of benzene rings is 1. The number of hydrogen-bond acceptors (Lipinski definition) is 1. The highest BCUT2D eigenvalue weighted by Gasteiger charge is 2.37. The first-order chi connectivity index (χ1) is 14.8. The van der Waals surface area contributed by atoms with Crippen molar-refractivity contribution in [1.29, 1.82) is 0 Å². The molecule has 1 aliphatic rings. The monoisotopic (exact) mass is 424 g/mol. The van der Waals surface area contributed by atoms with Gasteiger partial charge in [-0.25, -0.2) is 0 Å². The van der Waals surface area contributed by atoms with Gasteiger partial charge in [-0.3, -0.25) is 4.79 Å². The predicted molar refractivity (Wildman–Crippen MR) is 137 cm³/mol. The van der Waals surface area contributed by atoms with E-state index in [1.807, 2.05) is 0 Å². The Morgan fingerprint density at radius 1 is 0.774 bits per heavy atom. The summed E-state index contributed by atoms with van der Waals surface area (Å²) in [5.41, 5.74) is 5.28. The van der Waals surface area contributed by atoms with Crippen molar-refractivity contribution in [2.24, 2.45) is 0 Å². The van der Waals surface area contributed by atoms with Crippen molar-refractivity contribution in [3.8, 4) is 0 Å². The minimum Gasteiger partial charge on any atom is -0.298 e. The van der Waals surface area contributed by atoms with Crippen molar-refractivity contribution in [2.45, 2.75) is 135 Å². The Kier molecular flexibility index (Phi) is 10.5. The van der Waals surface area contributed by atoms with Crippen LogP contribution in [-0.4, -0.2) is 6.29 Å². The van der Waals surface area contributed by atoms with E-state index in [1.54, 1.807) is 0 Å². The molecule has 1 nitrogen and oxygen atoms in total. The third kappa shape index (κ3) is 7.92. The van der Waals surface area contributed by atoms with Crippen molar-refractivity contribution in [1.82, 2.24) is 0 Å². The van der Waals surface area contributed by atoms with E-state index in [0.717, 1.165) is 23.8 Å². The van der Waals surface area contributed by atoms with Crippen LogP contribution >= 0.6 is 0 Å². The fraction of sp³-hybridized carbons (Fsp3) is 0.700. The van der Waals surface area contributed by atoms with E-state index in [9.17, 15) is 4.79 Å². The first-order valence-corrected chi connectivity index (χ1v) is 13.1.